The molecule has 2 aliphatic carbocycles. The highest BCUT2D eigenvalue weighted by Crippen LogP contribution is 2.47. The van der Waals surface area contributed by atoms with Crippen molar-refractivity contribution in [3.05, 3.63) is 54.1 Å². The molecule has 0 N–H and O–H groups in total. The van der Waals surface area contributed by atoms with E-state index >= 15 is 0 Å². The van der Waals surface area contributed by atoms with Crippen molar-refractivity contribution in [1.29, 1.82) is 0 Å². The third-order valence-corrected chi connectivity index (χ3v) is 21.4. The molecule has 0 radical (unpaired) electrons. The number of carbonyl (C=O) groups excluding carboxylic acids is 1. The summed E-state index contributed by atoms with van der Waals surface area (Å²) in [7, 11) is -3.93. The Labute approximate surface area is 307 Å². The molecule has 8 atom stereocenters. The molecule has 3 aliphatic rings. The number of para-hydroxylation sites is 1. The van der Waals surface area contributed by atoms with Crippen LogP contribution < -0.4 is 4.74 Å². The third kappa shape index (κ3) is 10.7. The van der Waals surface area contributed by atoms with E-state index < -0.39 is 22.7 Å². The van der Waals surface area contributed by atoms with E-state index in [1.165, 1.54) is 5.57 Å². The van der Waals surface area contributed by atoms with Gasteiger partial charge in [-0.2, -0.15) is 0 Å². The van der Waals surface area contributed by atoms with Crippen molar-refractivity contribution >= 4 is 22.6 Å². The molecule has 50 heavy (non-hydrogen) atoms. The van der Waals surface area contributed by atoms with Crippen LogP contribution in [0, 0.1) is 17.8 Å². The smallest absolute Gasteiger partial charge is 0.347 e. The average molecular weight is 727 g/mol. The first-order valence-corrected chi connectivity index (χ1v) is 25.4. The summed E-state index contributed by atoms with van der Waals surface area (Å²) in [5.74, 6) is 1.22. The lowest BCUT2D eigenvalue weighted by Crippen LogP contribution is -2.49. The molecule has 4 rings (SSSR count). The predicted molar refractivity (Wildman–Crippen MR) is 211 cm³/mol. The lowest BCUT2D eigenvalue weighted by atomic mass is 9.66. The number of esters is 1. The fourth-order valence-corrected chi connectivity index (χ4v) is 9.91. The van der Waals surface area contributed by atoms with Crippen molar-refractivity contribution in [1.82, 2.24) is 0 Å². The molecular weight excluding hydrogens is 657 g/mol. The van der Waals surface area contributed by atoms with Crippen LogP contribution in [0.1, 0.15) is 107 Å². The van der Waals surface area contributed by atoms with Gasteiger partial charge in [-0.25, -0.2) is 4.79 Å². The highest BCUT2D eigenvalue weighted by atomic mass is 28.4. The maximum absolute atomic E-state index is 14.1. The van der Waals surface area contributed by atoms with Crippen LogP contribution in [0.3, 0.4) is 0 Å². The first kappa shape index (κ1) is 41.0. The summed E-state index contributed by atoms with van der Waals surface area (Å²) in [6.07, 6.45) is 13.5. The van der Waals surface area contributed by atoms with Gasteiger partial charge in [0.05, 0.1) is 12.2 Å². The van der Waals surface area contributed by atoms with Gasteiger partial charge >= 0.3 is 5.97 Å². The van der Waals surface area contributed by atoms with E-state index in [9.17, 15) is 4.79 Å². The zero-order chi connectivity index (χ0) is 36.9. The SMILES string of the molecule is CCCCC(Oc1ccccc1)C(=O)O[C@H]1C[C@H](O[Si](C)(C)C(C)(C)C)C=C2C=C[C@H](C)[C@H](CC[C@@H]3C[C@H](O[Si](C)(C)C(C)(C)C)CCO3)[C@H]21. The van der Waals surface area contributed by atoms with E-state index in [-0.39, 0.29) is 46.4 Å². The Morgan fingerprint density at radius 3 is 2.24 bits per heavy atom. The Hall–Kier alpha value is -1.72. The minimum atomic E-state index is -2.07. The topological polar surface area (TPSA) is 63.2 Å². The fraction of sp³-hybridized carbons (Fsp3) is 0.738. The van der Waals surface area contributed by atoms with Gasteiger partial charge in [0, 0.05) is 25.0 Å². The normalized spacial score (nSPS) is 28.4. The van der Waals surface area contributed by atoms with E-state index in [2.05, 4.69) is 99.8 Å². The summed E-state index contributed by atoms with van der Waals surface area (Å²) in [5.41, 5.74) is 1.25. The maximum atomic E-state index is 14.1. The van der Waals surface area contributed by atoms with E-state index in [1.807, 2.05) is 30.3 Å². The standard InChI is InChI=1S/C42H70O6Si2/c1-13-14-20-37(45-32-18-16-15-17-19-32)40(43)46-38-29-35(48-50(11,12)42(6,7)8)27-31-22-21-30(2)36(39(31)38)24-23-33-28-34(25-26-44-33)47-49(9,10)41(3,4)5/h15-19,21-22,27,30,33-39H,13-14,20,23-26,28-29H2,1-12H3/t30-,33+,34+,35+,36-,37?,38-,39-/m0/s1. The number of hydrogen-bond donors (Lipinski definition) is 0. The molecule has 1 unspecified atom stereocenters. The summed E-state index contributed by atoms with van der Waals surface area (Å²) in [5, 5.41) is 0.267. The number of carbonyl (C=O) groups is 1. The molecule has 0 saturated carbocycles. The molecule has 1 fully saturated rings. The number of ether oxygens (including phenoxy) is 3. The Balaban J connectivity index is 1.56. The first-order chi connectivity index (χ1) is 23.3. The quantitative estimate of drug-likeness (QED) is 0.140. The van der Waals surface area contributed by atoms with Gasteiger partial charge < -0.3 is 23.1 Å². The Bertz CT molecular complexity index is 1290. The highest BCUT2D eigenvalue weighted by Gasteiger charge is 2.46. The molecule has 1 saturated heterocycles. The van der Waals surface area contributed by atoms with Gasteiger partial charge in [0.2, 0.25) is 0 Å². The predicted octanol–water partition coefficient (Wildman–Crippen LogP) is 11.0. The van der Waals surface area contributed by atoms with Crippen LogP contribution in [0.2, 0.25) is 36.3 Å². The average Bonchev–Trinajstić information content (AvgIpc) is 3.02. The number of allylic oxidation sites excluding steroid dienone is 2. The highest BCUT2D eigenvalue weighted by molar-refractivity contribution is 6.74. The number of unbranched alkanes of at least 4 members (excludes halogenated alkanes) is 1. The van der Waals surface area contributed by atoms with Gasteiger partial charge in [-0.15, -0.1) is 0 Å². The van der Waals surface area contributed by atoms with E-state index in [1.54, 1.807) is 0 Å². The molecule has 1 heterocycles. The molecule has 0 bridgehead atoms. The van der Waals surface area contributed by atoms with Crippen LogP contribution in [0.4, 0.5) is 0 Å². The van der Waals surface area contributed by atoms with E-state index in [4.69, 9.17) is 23.1 Å². The van der Waals surface area contributed by atoms with Crippen molar-refractivity contribution in [3.8, 4) is 5.75 Å². The van der Waals surface area contributed by atoms with Crippen LogP contribution in [-0.2, 0) is 23.1 Å². The Morgan fingerprint density at radius 1 is 0.940 bits per heavy atom. The molecule has 8 heteroatoms. The van der Waals surface area contributed by atoms with Crippen molar-refractivity contribution in [2.75, 3.05) is 6.61 Å². The third-order valence-electron chi connectivity index (χ3n) is 12.4. The minimum Gasteiger partial charge on any atom is -0.479 e. The molecule has 6 nitrogen and oxygen atoms in total. The number of rotatable bonds is 14. The zero-order valence-corrected chi connectivity index (χ0v) is 35.6. The van der Waals surface area contributed by atoms with Crippen molar-refractivity contribution in [2.45, 2.75) is 174 Å². The molecule has 282 valence electrons. The van der Waals surface area contributed by atoms with Gasteiger partial charge in [-0.3, -0.25) is 0 Å². The molecule has 1 aromatic rings. The van der Waals surface area contributed by atoms with Crippen LogP contribution >= 0.6 is 0 Å². The van der Waals surface area contributed by atoms with E-state index in [0.29, 0.717) is 30.4 Å². The van der Waals surface area contributed by atoms with E-state index in [0.717, 1.165) is 45.1 Å². The fourth-order valence-electron chi connectivity index (χ4n) is 7.24. The molecule has 0 amide bonds. The van der Waals surface area contributed by atoms with Gasteiger partial charge in [0.25, 0.3) is 0 Å². The summed E-state index contributed by atoms with van der Waals surface area (Å²) >= 11 is 0. The second-order valence-electron chi connectivity index (χ2n) is 18.4. The Morgan fingerprint density at radius 2 is 1.60 bits per heavy atom. The van der Waals surface area contributed by atoms with Crippen molar-refractivity contribution in [3.63, 3.8) is 0 Å². The second-order valence-corrected chi connectivity index (χ2v) is 27.9. The van der Waals surface area contributed by atoms with Crippen molar-refractivity contribution in [2.24, 2.45) is 17.8 Å². The van der Waals surface area contributed by atoms with Gasteiger partial charge in [0.1, 0.15) is 11.9 Å². The number of hydrogen-bond acceptors (Lipinski definition) is 6. The summed E-state index contributed by atoms with van der Waals surface area (Å²) in [6, 6.07) is 9.67. The van der Waals surface area contributed by atoms with Gasteiger partial charge in [0.15, 0.2) is 22.7 Å². The first-order valence-electron chi connectivity index (χ1n) is 19.6. The van der Waals surface area contributed by atoms with Crippen LogP contribution in [0.5, 0.6) is 5.75 Å². The van der Waals surface area contributed by atoms with Crippen LogP contribution in [-0.4, -0.2) is 59.7 Å². The lowest BCUT2D eigenvalue weighted by molar-refractivity contribution is -0.163. The number of benzene rings is 1. The molecule has 1 aromatic carbocycles. The van der Waals surface area contributed by atoms with Crippen LogP contribution in [0.25, 0.3) is 0 Å². The largest absolute Gasteiger partial charge is 0.479 e. The van der Waals surface area contributed by atoms with Gasteiger partial charge in [-0.05, 0) is 104 Å². The molecule has 1 aliphatic heterocycles. The summed E-state index contributed by atoms with van der Waals surface area (Å²) < 4.78 is 33.2. The molecule has 0 aromatic heterocycles. The molecular formula is C42H70O6Si2. The minimum absolute atomic E-state index is 0.0783. The van der Waals surface area contributed by atoms with Crippen molar-refractivity contribution < 1.29 is 27.9 Å². The summed E-state index contributed by atoms with van der Waals surface area (Å²) in [4.78, 5) is 14.1. The second kappa shape index (κ2) is 17.0. The molecule has 0 spiro atoms. The van der Waals surface area contributed by atoms with Gasteiger partial charge in [-0.1, -0.05) is 98.2 Å². The lowest BCUT2D eigenvalue weighted by Gasteiger charge is -2.46. The zero-order valence-electron chi connectivity index (χ0n) is 33.6. The maximum Gasteiger partial charge on any atom is 0.347 e. The number of fused-ring (bicyclic) bond motifs is 1. The summed E-state index contributed by atoms with van der Waals surface area (Å²) in [6.45, 7) is 28.3. The van der Waals surface area contributed by atoms with Crippen LogP contribution in [0.15, 0.2) is 54.1 Å². The monoisotopic (exact) mass is 726 g/mol. The Kier molecular flexibility index (Phi) is 13.9.